The fourth-order valence-corrected chi connectivity index (χ4v) is 3.49. The number of fused-ring (bicyclic) bond motifs is 1. The zero-order chi connectivity index (χ0) is 15.2. The van der Waals surface area contributed by atoms with E-state index in [9.17, 15) is 22.4 Å². The Kier molecular flexibility index (Phi) is 3.42. The van der Waals surface area contributed by atoms with Crippen molar-refractivity contribution in [3.05, 3.63) is 35.1 Å². The van der Waals surface area contributed by atoms with Crippen LogP contribution in [0.3, 0.4) is 0 Å². The summed E-state index contributed by atoms with van der Waals surface area (Å²) >= 11 is 0. The Hall–Kier alpha value is -1.59. The van der Waals surface area contributed by atoms with E-state index < -0.39 is 29.0 Å². The third kappa shape index (κ3) is 2.51. The van der Waals surface area contributed by atoms with E-state index in [0.717, 1.165) is 31.4 Å². The molecule has 2 unspecified atom stereocenters. The van der Waals surface area contributed by atoms with Crippen molar-refractivity contribution in [2.45, 2.75) is 25.4 Å². The molecule has 114 valence electrons. The van der Waals surface area contributed by atoms with Crippen LogP contribution in [-0.2, 0) is 6.18 Å². The molecule has 1 aromatic carbocycles. The number of nitrogens with zero attached hydrogens (tertiary/aromatic N) is 1. The Balaban J connectivity index is 1.86. The topological polar surface area (TPSA) is 20.3 Å². The number of amides is 1. The highest BCUT2D eigenvalue weighted by molar-refractivity contribution is 5.95. The van der Waals surface area contributed by atoms with Crippen molar-refractivity contribution >= 4 is 5.91 Å². The molecule has 1 saturated heterocycles. The van der Waals surface area contributed by atoms with Crippen LogP contribution >= 0.6 is 0 Å². The molecule has 1 aliphatic heterocycles. The molecule has 21 heavy (non-hydrogen) atoms. The molecule has 6 heteroatoms. The van der Waals surface area contributed by atoms with Gasteiger partial charge in [-0.05, 0) is 36.8 Å². The van der Waals surface area contributed by atoms with E-state index >= 15 is 0 Å². The summed E-state index contributed by atoms with van der Waals surface area (Å²) in [4.78, 5) is 13.8. The lowest BCUT2D eigenvalue weighted by molar-refractivity contribution is -0.140. The van der Waals surface area contributed by atoms with Gasteiger partial charge in [-0.3, -0.25) is 4.79 Å². The first-order chi connectivity index (χ1) is 9.88. The normalized spacial score (nSPS) is 25.2. The number of alkyl halides is 3. The van der Waals surface area contributed by atoms with E-state index in [4.69, 9.17) is 0 Å². The molecular weight excluding hydrogens is 286 g/mol. The van der Waals surface area contributed by atoms with Crippen LogP contribution in [0, 0.1) is 17.7 Å². The van der Waals surface area contributed by atoms with Gasteiger partial charge in [0.15, 0.2) is 0 Å². The van der Waals surface area contributed by atoms with Crippen molar-refractivity contribution in [3.8, 4) is 0 Å². The highest BCUT2D eigenvalue weighted by atomic mass is 19.4. The van der Waals surface area contributed by atoms with Crippen LogP contribution in [0.2, 0.25) is 0 Å². The second kappa shape index (κ2) is 5.00. The van der Waals surface area contributed by atoms with Crippen molar-refractivity contribution in [1.82, 2.24) is 4.90 Å². The molecule has 1 aromatic rings. The van der Waals surface area contributed by atoms with Gasteiger partial charge < -0.3 is 4.90 Å². The lowest BCUT2D eigenvalue weighted by Crippen LogP contribution is -2.30. The molecule has 0 N–H and O–H groups in total. The molecule has 3 rings (SSSR count). The summed E-state index contributed by atoms with van der Waals surface area (Å²) in [5.41, 5.74) is -1.86. The molecule has 0 bridgehead atoms. The molecule has 1 heterocycles. The molecule has 2 nitrogen and oxygen atoms in total. The Bertz CT molecular complexity index is 557. The van der Waals surface area contributed by atoms with Gasteiger partial charge in [-0.1, -0.05) is 12.5 Å². The van der Waals surface area contributed by atoms with Gasteiger partial charge in [0, 0.05) is 13.1 Å². The predicted octanol–water partition coefficient (Wildman–Crippen LogP) is 3.72. The summed E-state index contributed by atoms with van der Waals surface area (Å²) in [6.07, 6.45) is -1.57. The van der Waals surface area contributed by atoms with Gasteiger partial charge in [0.05, 0.1) is 11.1 Å². The van der Waals surface area contributed by atoms with Crippen LogP contribution in [0.4, 0.5) is 17.6 Å². The lowest BCUT2D eigenvalue weighted by atomic mass is 10.0. The van der Waals surface area contributed by atoms with Crippen molar-refractivity contribution in [2.24, 2.45) is 11.8 Å². The number of carbonyl (C=O) groups excluding carboxylic acids is 1. The fraction of sp³-hybridized carbons (Fsp3) is 0.533. The minimum absolute atomic E-state index is 0.419. The van der Waals surface area contributed by atoms with Crippen molar-refractivity contribution in [3.63, 3.8) is 0 Å². The average Bonchev–Trinajstić information content (AvgIpc) is 2.97. The summed E-state index contributed by atoms with van der Waals surface area (Å²) in [5, 5.41) is 0. The van der Waals surface area contributed by atoms with Crippen molar-refractivity contribution < 1.29 is 22.4 Å². The lowest BCUT2D eigenvalue weighted by Gasteiger charge is -2.19. The summed E-state index contributed by atoms with van der Waals surface area (Å²) in [6.45, 7) is 1.05. The predicted molar refractivity (Wildman–Crippen MR) is 68.1 cm³/mol. The second-order valence-electron chi connectivity index (χ2n) is 5.83. The first-order valence-electron chi connectivity index (χ1n) is 7.03. The highest BCUT2D eigenvalue weighted by Gasteiger charge is 2.40. The number of hydrogen-bond acceptors (Lipinski definition) is 1. The Morgan fingerprint density at radius 2 is 1.76 bits per heavy atom. The van der Waals surface area contributed by atoms with Gasteiger partial charge in [0.1, 0.15) is 5.82 Å². The third-order valence-electron chi connectivity index (χ3n) is 4.55. The molecule has 0 aromatic heterocycles. The molecule has 0 spiro atoms. The monoisotopic (exact) mass is 301 g/mol. The van der Waals surface area contributed by atoms with Crippen LogP contribution in [-0.4, -0.2) is 23.9 Å². The summed E-state index contributed by atoms with van der Waals surface area (Å²) in [5.74, 6) is -1.26. The van der Waals surface area contributed by atoms with Crippen LogP contribution in [0.15, 0.2) is 18.2 Å². The van der Waals surface area contributed by atoms with E-state index in [-0.39, 0.29) is 0 Å². The van der Waals surface area contributed by atoms with Crippen molar-refractivity contribution in [1.29, 1.82) is 0 Å². The van der Waals surface area contributed by atoms with E-state index in [1.165, 1.54) is 4.90 Å². The molecule has 1 saturated carbocycles. The maximum Gasteiger partial charge on any atom is 0.419 e. The number of rotatable bonds is 1. The van der Waals surface area contributed by atoms with Gasteiger partial charge >= 0.3 is 6.18 Å². The first-order valence-corrected chi connectivity index (χ1v) is 7.03. The smallest absolute Gasteiger partial charge is 0.338 e. The molecular formula is C15H15F4NO. The van der Waals surface area contributed by atoms with Gasteiger partial charge in [-0.2, -0.15) is 13.2 Å². The highest BCUT2D eigenvalue weighted by Crippen LogP contribution is 2.39. The zero-order valence-corrected chi connectivity index (χ0v) is 11.3. The van der Waals surface area contributed by atoms with Gasteiger partial charge in [-0.25, -0.2) is 4.39 Å². The van der Waals surface area contributed by atoms with E-state index in [0.29, 0.717) is 31.0 Å². The zero-order valence-electron chi connectivity index (χ0n) is 11.3. The Morgan fingerprint density at radius 1 is 1.14 bits per heavy atom. The van der Waals surface area contributed by atoms with Crippen LogP contribution in [0.25, 0.3) is 0 Å². The molecule has 2 atom stereocenters. The van der Waals surface area contributed by atoms with Crippen LogP contribution < -0.4 is 0 Å². The number of hydrogen-bond donors (Lipinski definition) is 0. The molecule has 2 fully saturated rings. The van der Waals surface area contributed by atoms with E-state index in [1.807, 2.05) is 0 Å². The third-order valence-corrected chi connectivity index (χ3v) is 4.55. The quantitative estimate of drug-likeness (QED) is 0.724. The molecule has 1 amide bonds. The minimum Gasteiger partial charge on any atom is -0.338 e. The summed E-state index contributed by atoms with van der Waals surface area (Å²) in [7, 11) is 0. The van der Waals surface area contributed by atoms with E-state index in [1.54, 1.807) is 0 Å². The van der Waals surface area contributed by atoms with Gasteiger partial charge in [0.2, 0.25) is 0 Å². The maximum absolute atomic E-state index is 14.0. The van der Waals surface area contributed by atoms with E-state index in [2.05, 4.69) is 0 Å². The Labute approximate surface area is 119 Å². The molecule has 0 radical (unpaired) electrons. The number of benzene rings is 1. The largest absolute Gasteiger partial charge is 0.419 e. The number of likely N-dealkylation sites (tertiary alicyclic amines) is 1. The fourth-order valence-electron chi connectivity index (χ4n) is 3.49. The first kappa shape index (κ1) is 14.4. The van der Waals surface area contributed by atoms with Gasteiger partial charge in [0.25, 0.3) is 5.91 Å². The molecule has 2 aliphatic rings. The SMILES string of the molecule is O=C(c1cccc(C(F)(F)F)c1F)N1CC2CCCC2C1. The number of carbonyl (C=O) groups is 1. The summed E-state index contributed by atoms with van der Waals surface area (Å²) < 4.78 is 52.1. The average molecular weight is 301 g/mol. The van der Waals surface area contributed by atoms with Gasteiger partial charge in [-0.15, -0.1) is 0 Å². The second-order valence-corrected chi connectivity index (χ2v) is 5.83. The number of halogens is 4. The molecule has 1 aliphatic carbocycles. The summed E-state index contributed by atoms with van der Waals surface area (Å²) in [6, 6.07) is 2.86. The maximum atomic E-state index is 14.0. The Morgan fingerprint density at radius 3 is 2.33 bits per heavy atom. The van der Waals surface area contributed by atoms with Crippen LogP contribution in [0.5, 0.6) is 0 Å². The minimum atomic E-state index is -4.79. The van der Waals surface area contributed by atoms with Crippen molar-refractivity contribution in [2.75, 3.05) is 13.1 Å². The van der Waals surface area contributed by atoms with Crippen LogP contribution in [0.1, 0.15) is 35.2 Å². The standard InChI is InChI=1S/C15H15F4NO/c16-13-11(5-2-6-12(13)15(17,18)19)14(21)20-7-9-3-1-4-10(9)8-20/h2,5-6,9-10H,1,3-4,7-8H2.